The molecule has 4 N–H and O–H groups in total. The first-order valence-corrected chi connectivity index (χ1v) is 13.0. The van der Waals surface area contributed by atoms with E-state index in [0.29, 0.717) is 45.9 Å². The van der Waals surface area contributed by atoms with Gasteiger partial charge >= 0.3 is 19.8 Å². The summed E-state index contributed by atoms with van der Waals surface area (Å²) >= 11 is 0. The van der Waals surface area contributed by atoms with Crippen LogP contribution in [0.15, 0.2) is 97.1 Å². The summed E-state index contributed by atoms with van der Waals surface area (Å²) in [6, 6.07) is 32.2. The Kier molecular flexibility index (Phi) is 5.98. The molecule has 0 aliphatic carbocycles. The maximum atomic E-state index is 5.02. The number of nitrogens with zero attached hydrogens (tertiary/aromatic N) is 6. The van der Waals surface area contributed by atoms with E-state index in [-0.39, 0.29) is 25.3 Å². The third-order valence-electron chi connectivity index (χ3n) is 7.46. The monoisotopic (exact) mass is 604 g/mol. The predicted molar refractivity (Wildman–Crippen MR) is 170 cm³/mol. The zero-order chi connectivity index (χ0) is 26.2. The van der Waals surface area contributed by atoms with E-state index in [4.69, 9.17) is 29.9 Å². The van der Waals surface area contributed by atoms with Gasteiger partial charge in [-0.05, 0) is 0 Å². The van der Waals surface area contributed by atoms with Gasteiger partial charge in [-0.1, -0.05) is 97.1 Å². The van der Waals surface area contributed by atoms with Gasteiger partial charge in [0.2, 0.25) is 0 Å². The van der Waals surface area contributed by atoms with Gasteiger partial charge in [0.05, 0.1) is 0 Å². The summed E-state index contributed by atoms with van der Waals surface area (Å²) < 4.78 is 0. The van der Waals surface area contributed by atoms with Crippen LogP contribution in [0.3, 0.4) is 0 Å². The molecule has 42 heavy (non-hydrogen) atoms. The van der Waals surface area contributed by atoms with E-state index in [1.54, 1.807) is 0 Å². The van der Waals surface area contributed by atoms with Gasteiger partial charge in [0.15, 0.2) is 23.3 Å². The standard InChI is InChI=1S/C32H18N8.Ga.H2O.3H/c1-2-10-18-17(9-1)25-33-26(18)38-28-21-13-5-6-14-22(21)30(35-28)40-32-24-16-8-7-15-23(24)31(36-32)39-29-20-12-4-3-11-19(20)27(34-29)37-25;;;;;/h1-16H,(H2,33,34,35,36,37,38,39,40);;1H2;;;. The summed E-state index contributed by atoms with van der Waals surface area (Å²) in [5.74, 6) is 2.39. The summed E-state index contributed by atoms with van der Waals surface area (Å²) in [5, 5.41) is 3.82. The van der Waals surface area contributed by atoms with E-state index in [2.05, 4.69) is 9.97 Å². The van der Waals surface area contributed by atoms with Gasteiger partial charge in [-0.2, -0.15) is 0 Å². The van der Waals surface area contributed by atoms with Gasteiger partial charge in [-0.25, -0.2) is 29.9 Å². The summed E-state index contributed by atoms with van der Waals surface area (Å²) in [7, 11) is 0. The van der Waals surface area contributed by atoms with E-state index in [0.717, 1.165) is 43.8 Å². The van der Waals surface area contributed by atoms with Crippen molar-refractivity contribution in [1.82, 2.24) is 39.9 Å². The fraction of sp³-hybridized carbons (Fsp3) is 0. The van der Waals surface area contributed by atoms with Gasteiger partial charge in [-0.3, -0.25) is 0 Å². The molecule has 7 aromatic rings. The van der Waals surface area contributed by atoms with Crippen molar-refractivity contribution in [2.75, 3.05) is 0 Å². The number of hydrogen-bond acceptors (Lipinski definition) is 6. The Hall–Kier alpha value is -5.16. The molecule has 0 spiro atoms. The topological polar surface area (TPSA) is 140 Å². The molecular formula is C32H23GaN8O. The number of nitrogens with one attached hydrogen (secondary N) is 2. The minimum atomic E-state index is 0. The number of aromatic nitrogens is 8. The van der Waals surface area contributed by atoms with Crippen LogP contribution in [0.5, 0.6) is 0 Å². The first-order chi connectivity index (χ1) is 19.8. The molecule has 3 aromatic heterocycles. The second-order valence-corrected chi connectivity index (χ2v) is 9.79. The molecule has 4 aromatic carbocycles. The fourth-order valence-electron chi connectivity index (χ4n) is 5.59. The smallest absolute Gasteiger partial charge is 0.164 e. The van der Waals surface area contributed by atoms with Crippen LogP contribution in [0.4, 0.5) is 0 Å². The van der Waals surface area contributed by atoms with Gasteiger partial charge in [-0.15, -0.1) is 0 Å². The maximum Gasteiger partial charge on any atom is 0.164 e. The normalized spacial score (nSPS) is 11.4. The summed E-state index contributed by atoms with van der Waals surface area (Å²) in [5.41, 5.74) is 6.45. The molecule has 5 heterocycles. The molecule has 0 saturated carbocycles. The number of aromatic amines is 2. The molecule has 9 rings (SSSR count). The van der Waals surface area contributed by atoms with Crippen LogP contribution in [0.1, 0.15) is 0 Å². The third kappa shape index (κ3) is 3.77. The van der Waals surface area contributed by atoms with Gasteiger partial charge in [0, 0.05) is 43.8 Å². The number of benzene rings is 4. The zero-order valence-corrected chi connectivity index (χ0v) is 21.4. The molecule has 8 bridgehead atoms. The van der Waals surface area contributed by atoms with Crippen molar-refractivity contribution in [1.29, 1.82) is 0 Å². The van der Waals surface area contributed by atoms with Crippen LogP contribution in [-0.4, -0.2) is 65.1 Å². The minimum Gasteiger partial charge on any atom is -0.324 e. The van der Waals surface area contributed by atoms with Gasteiger partial charge < -0.3 is 15.4 Å². The molecule has 0 fully saturated rings. The summed E-state index contributed by atoms with van der Waals surface area (Å²) in [6.45, 7) is 0. The molecule has 0 unspecified atom stereocenters. The molecule has 10 heteroatoms. The molecule has 2 aliphatic rings. The van der Waals surface area contributed by atoms with Crippen LogP contribution in [0.2, 0.25) is 0 Å². The molecule has 200 valence electrons. The number of rotatable bonds is 0. The van der Waals surface area contributed by atoms with Crippen molar-refractivity contribution in [2.24, 2.45) is 0 Å². The SMILES string of the molecule is O.[GaH3].c1ccc2c(c1)-c1nc-2nc2[nH]c(nc3nc(nc4[nH]c(n1)c1ccccc41)-c1ccccc1-3)c1ccccc21. The molecule has 0 radical (unpaired) electrons. The van der Waals surface area contributed by atoms with Gasteiger partial charge in [0.1, 0.15) is 22.6 Å². The van der Waals surface area contributed by atoms with Crippen molar-refractivity contribution >= 4 is 63.9 Å². The Morgan fingerprint density at radius 3 is 0.833 bits per heavy atom. The number of hydrogen-bond donors (Lipinski definition) is 2. The van der Waals surface area contributed by atoms with Crippen molar-refractivity contribution < 1.29 is 5.48 Å². The first-order valence-electron chi connectivity index (χ1n) is 13.0. The molecule has 0 saturated heterocycles. The van der Waals surface area contributed by atoms with Gasteiger partial charge in [0.25, 0.3) is 0 Å². The molecule has 0 atom stereocenters. The second-order valence-electron chi connectivity index (χ2n) is 9.79. The Morgan fingerprint density at radius 2 is 0.571 bits per heavy atom. The van der Waals surface area contributed by atoms with E-state index in [1.165, 1.54) is 0 Å². The second kappa shape index (κ2) is 9.74. The molecular weight excluding hydrogens is 582 g/mol. The fourth-order valence-corrected chi connectivity index (χ4v) is 5.59. The Labute approximate surface area is 251 Å². The van der Waals surface area contributed by atoms with Crippen LogP contribution >= 0.6 is 0 Å². The third-order valence-corrected chi connectivity index (χ3v) is 7.46. The van der Waals surface area contributed by atoms with Crippen molar-refractivity contribution in [2.45, 2.75) is 0 Å². The Balaban J connectivity index is 0.00000144. The van der Waals surface area contributed by atoms with E-state index < -0.39 is 0 Å². The minimum absolute atomic E-state index is 0. The summed E-state index contributed by atoms with van der Waals surface area (Å²) in [4.78, 5) is 36.8. The van der Waals surface area contributed by atoms with E-state index in [1.807, 2.05) is 97.1 Å². The predicted octanol–water partition coefficient (Wildman–Crippen LogP) is 4.86. The largest absolute Gasteiger partial charge is 0.324 e. The van der Waals surface area contributed by atoms with E-state index >= 15 is 0 Å². The van der Waals surface area contributed by atoms with Crippen LogP contribution in [0.25, 0.3) is 89.7 Å². The zero-order valence-electron chi connectivity index (χ0n) is 21.4. The average molecular weight is 605 g/mol. The molecule has 2 aliphatic heterocycles. The Morgan fingerprint density at radius 1 is 0.333 bits per heavy atom. The number of fused-ring (bicyclic) bond motifs is 20. The maximum absolute atomic E-state index is 5.02. The quantitative estimate of drug-likeness (QED) is 0.237. The Bertz CT molecular complexity index is 2040. The summed E-state index contributed by atoms with van der Waals surface area (Å²) in [6.07, 6.45) is 0. The first kappa shape index (κ1) is 25.8. The molecule has 0 amide bonds. The van der Waals surface area contributed by atoms with Crippen LogP contribution in [-0.2, 0) is 0 Å². The molecule has 9 nitrogen and oxygen atoms in total. The van der Waals surface area contributed by atoms with Crippen molar-refractivity contribution in [3.8, 4) is 45.6 Å². The van der Waals surface area contributed by atoms with Crippen molar-refractivity contribution in [3.63, 3.8) is 0 Å². The van der Waals surface area contributed by atoms with Crippen molar-refractivity contribution in [3.05, 3.63) is 97.1 Å². The van der Waals surface area contributed by atoms with Crippen LogP contribution in [0, 0.1) is 0 Å². The number of H-pyrrole nitrogens is 2. The van der Waals surface area contributed by atoms with E-state index in [9.17, 15) is 0 Å². The average Bonchev–Trinajstić information content (AvgIpc) is 3.73. The van der Waals surface area contributed by atoms with Crippen LogP contribution < -0.4 is 0 Å².